The van der Waals surface area contributed by atoms with Crippen LogP contribution in [0, 0.1) is 6.92 Å². The number of hydrogen-bond donors (Lipinski definition) is 0. The van der Waals surface area contributed by atoms with Gasteiger partial charge in [0.25, 0.3) is 5.89 Å². The number of aryl methyl sites for hydroxylation is 1. The first-order valence-corrected chi connectivity index (χ1v) is 10.3. The van der Waals surface area contributed by atoms with Gasteiger partial charge in [-0.15, -0.1) is 0 Å². The largest absolute Gasteiger partial charge is 0.374 e. The normalized spacial score (nSPS) is 15.2. The molecule has 0 bridgehead atoms. The van der Waals surface area contributed by atoms with Crippen molar-refractivity contribution in [2.24, 2.45) is 0 Å². The second-order valence-corrected chi connectivity index (χ2v) is 8.33. The lowest BCUT2D eigenvalue weighted by molar-refractivity contribution is -0.135. The minimum Gasteiger partial charge on any atom is -0.374 e. The minimum absolute atomic E-state index is 0.0979. The Balaban J connectivity index is 1.36. The van der Waals surface area contributed by atoms with E-state index in [1.54, 1.807) is 24.3 Å². The summed E-state index contributed by atoms with van der Waals surface area (Å²) >= 11 is 3.49. The van der Waals surface area contributed by atoms with Crippen molar-refractivity contribution >= 4 is 15.9 Å². The van der Waals surface area contributed by atoms with Crippen molar-refractivity contribution in [1.29, 1.82) is 0 Å². The quantitative estimate of drug-likeness (QED) is 0.416. The van der Waals surface area contributed by atoms with E-state index >= 15 is 0 Å². The summed E-state index contributed by atoms with van der Waals surface area (Å²) in [6.07, 6.45) is 0. The van der Waals surface area contributed by atoms with E-state index in [0.29, 0.717) is 29.5 Å². The summed E-state index contributed by atoms with van der Waals surface area (Å²) in [6, 6.07) is 17.1. The molecule has 30 heavy (non-hydrogen) atoms. The number of alkyl halides is 1. The maximum atomic E-state index is 14.4. The van der Waals surface area contributed by atoms with Crippen molar-refractivity contribution in [3.05, 3.63) is 75.9 Å². The third-order valence-corrected chi connectivity index (χ3v) is 5.66. The van der Waals surface area contributed by atoms with Crippen LogP contribution in [0.1, 0.15) is 16.8 Å². The van der Waals surface area contributed by atoms with Crippen molar-refractivity contribution in [3.8, 4) is 23.0 Å². The number of aromatic nitrogens is 4. The highest BCUT2D eigenvalue weighted by atomic mass is 79.9. The maximum absolute atomic E-state index is 14.4. The van der Waals surface area contributed by atoms with Crippen molar-refractivity contribution in [3.63, 3.8) is 0 Å². The number of nitrogens with zero attached hydrogens (tertiary/aromatic N) is 4. The van der Waals surface area contributed by atoms with E-state index in [2.05, 4.69) is 43.3 Å². The Kier molecular flexibility index (Phi) is 4.75. The molecule has 0 amide bonds. The molecular formula is C22H18BrFN4O2. The molecule has 4 aromatic rings. The summed E-state index contributed by atoms with van der Waals surface area (Å²) in [5.41, 5.74) is 2.71. The zero-order valence-electron chi connectivity index (χ0n) is 16.2. The van der Waals surface area contributed by atoms with Crippen LogP contribution in [0.25, 0.3) is 23.0 Å². The molecule has 1 saturated heterocycles. The molecule has 2 aromatic carbocycles. The van der Waals surface area contributed by atoms with E-state index in [9.17, 15) is 4.39 Å². The van der Waals surface area contributed by atoms with Crippen LogP contribution in [0.15, 0.2) is 63.6 Å². The van der Waals surface area contributed by atoms with Gasteiger partial charge >= 0.3 is 0 Å². The summed E-state index contributed by atoms with van der Waals surface area (Å²) < 4.78 is 27.8. The fourth-order valence-corrected chi connectivity index (χ4v) is 3.84. The lowest BCUT2D eigenvalue weighted by Crippen LogP contribution is -2.42. The van der Waals surface area contributed by atoms with Crippen LogP contribution >= 0.6 is 15.9 Å². The highest BCUT2D eigenvalue weighted by molar-refractivity contribution is 9.10. The third-order valence-electron chi connectivity index (χ3n) is 5.17. The van der Waals surface area contributed by atoms with Gasteiger partial charge in [-0.3, -0.25) is 4.68 Å². The molecule has 0 spiro atoms. The molecule has 8 heteroatoms. The van der Waals surface area contributed by atoms with E-state index in [1.807, 2.05) is 29.8 Å². The van der Waals surface area contributed by atoms with Crippen LogP contribution in [0.3, 0.4) is 0 Å². The van der Waals surface area contributed by atoms with Crippen LogP contribution in [-0.4, -0.2) is 33.1 Å². The van der Waals surface area contributed by atoms with Gasteiger partial charge in [0.2, 0.25) is 5.82 Å². The van der Waals surface area contributed by atoms with Crippen LogP contribution in [-0.2, 0) is 17.0 Å². The highest BCUT2D eigenvalue weighted by Gasteiger charge is 2.40. The zero-order chi connectivity index (χ0) is 20.7. The van der Waals surface area contributed by atoms with E-state index in [-0.39, 0.29) is 13.2 Å². The first-order chi connectivity index (χ1) is 14.5. The van der Waals surface area contributed by atoms with Crippen molar-refractivity contribution in [2.45, 2.75) is 19.1 Å². The van der Waals surface area contributed by atoms with Gasteiger partial charge in [-0.25, -0.2) is 4.39 Å². The lowest BCUT2D eigenvalue weighted by Gasteiger charge is -2.34. The Labute approximate surface area is 180 Å². The molecule has 3 heterocycles. The molecule has 0 atom stereocenters. The Bertz CT molecular complexity index is 1200. The minimum atomic E-state index is -1.39. The Morgan fingerprint density at radius 3 is 2.63 bits per heavy atom. The summed E-state index contributed by atoms with van der Waals surface area (Å²) in [5.74, 6) is 0.785. The summed E-state index contributed by atoms with van der Waals surface area (Å²) in [5, 5.41) is 8.68. The van der Waals surface area contributed by atoms with Crippen molar-refractivity contribution < 1.29 is 13.7 Å². The molecule has 152 valence electrons. The fraction of sp³-hybridized carbons (Fsp3) is 0.227. The van der Waals surface area contributed by atoms with Gasteiger partial charge < -0.3 is 9.26 Å². The SMILES string of the molecule is Cc1cc(-c2nc(-c3ccc(C4(F)COC4)cc3)no2)nn1Cc1cccc(Br)c1. The average Bonchev–Trinajstić information content (AvgIpc) is 3.34. The zero-order valence-corrected chi connectivity index (χ0v) is 17.8. The van der Waals surface area contributed by atoms with Crippen LogP contribution in [0.4, 0.5) is 4.39 Å². The van der Waals surface area contributed by atoms with Gasteiger partial charge in [0.15, 0.2) is 11.4 Å². The predicted molar refractivity (Wildman–Crippen MR) is 113 cm³/mol. The standard InChI is InChI=1S/C22H18BrFN4O2/c1-14-9-19(26-28(14)11-15-3-2-4-18(23)10-15)21-25-20(27-30-21)16-5-7-17(8-6-16)22(24)12-29-13-22/h2-10H,11-13H2,1H3. The fourth-order valence-electron chi connectivity index (χ4n) is 3.39. The van der Waals surface area contributed by atoms with Crippen molar-refractivity contribution in [2.75, 3.05) is 13.2 Å². The third kappa shape index (κ3) is 3.57. The second-order valence-electron chi connectivity index (χ2n) is 7.42. The molecule has 1 fully saturated rings. The van der Waals surface area contributed by atoms with Gasteiger partial charge in [0.05, 0.1) is 19.8 Å². The Morgan fingerprint density at radius 2 is 1.93 bits per heavy atom. The first-order valence-electron chi connectivity index (χ1n) is 9.51. The lowest BCUT2D eigenvalue weighted by atomic mass is 9.93. The molecular weight excluding hydrogens is 451 g/mol. The van der Waals surface area contributed by atoms with Crippen LogP contribution in [0.5, 0.6) is 0 Å². The summed E-state index contributed by atoms with van der Waals surface area (Å²) in [4.78, 5) is 4.47. The van der Waals surface area contributed by atoms with Gasteiger partial charge in [-0.05, 0) is 36.2 Å². The molecule has 1 aliphatic heterocycles. The molecule has 2 aromatic heterocycles. The predicted octanol–water partition coefficient (Wildman–Crippen LogP) is 4.91. The Morgan fingerprint density at radius 1 is 1.13 bits per heavy atom. The van der Waals surface area contributed by atoms with E-state index in [1.165, 1.54) is 0 Å². The van der Waals surface area contributed by atoms with Crippen molar-refractivity contribution in [1.82, 2.24) is 19.9 Å². The summed E-state index contributed by atoms with van der Waals surface area (Å²) in [7, 11) is 0. The topological polar surface area (TPSA) is 66.0 Å². The number of ether oxygens (including phenoxy) is 1. The first kappa shape index (κ1) is 19.1. The number of rotatable bonds is 5. The maximum Gasteiger partial charge on any atom is 0.278 e. The second kappa shape index (κ2) is 7.45. The average molecular weight is 469 g/mol. The molecule has 1 aliphatic rings. The van der Waals surface area contributed by atoms with Gasteiger partial charge in [-0.2, -0.15) is 10.1 Å². The van der Waals surface area contributed by atoms with E-state index < -0.39 is 5.67 Å². The van der Waals surface area contributed by atoms with Crippen LogP contribution in [0.2, 0.25) is 0 Å². The molecule has 5 rings (SSSR count). The smallest absolute Gasteiger partial charge is 0.278 e. The number of benzene rings is 2. The molecule has 6 nitrogen and oxygen atoms in total. The molecule has 0 N–H and O–H groups in total. The highest BCUT2D eigenvalue weighted by Crippen LogP contribution is 2.34. The monoisotopic (exact) mass is 468 g/mol. The van der Waals surface area contributed by atoms with E-state index in [0.717, 1.165) is 21.3 Å². The van der Waals surface area contributed by atoms with Gasteiger partial charge in [0, 0.05) is 15.7 Å². The van der Waals surface area contributed by atoms with E-state index in [4.69, 9.17) is 9.26 Å². The van der Waals surface area contributed by atoms with Gasteiger partial charge in [-0.1, -0.05) is 57.5 Å². The molecule has 0 aliphatic carbocycles. The molecule has 0 radical (unpaired) electrons. The number of hydrogen-bond acceptors (Lipinski definition) is 5. The van der Waals surface area contributed by atoms with Gasteiger partial charge in [0.1, 0.15) is 0 Å². The summed E-state index contributed by atoms with van der Waals surface area (Å²) in [6.45, 7) is 2.82. The van der Waals surface area contributed by atoms with Crippen LogP contribution < -0.4 is 0 Å². The molecule has 0 saturated carbocycles. The molecule has 0 unspecified atom stereocenters. The Hall–Kier alpha value is -2.84. The number of halogens is 2.